The quantitative estimate of drug-likeness (QED) is 0.187. The maximum atomic E-state index is 6.63. The minimum absolute atomic E-state index is 0.830. The van der Waals surface area contributed by atoms with Gasteiger partial charge in [-0.2, -0.15) is 0 Å². The fourth-order valence-electron chi connectivity index (χ4n) is 7.20. The van der Waals surface area contributed by atoms with Crippen molar-refractivity contribution in [1.29, 1.82) is 0 Å². The SMILES string of the molecule is Brc1ccc2c(c1)c1cc(N(c3cccc4c3oc3ccccc34)c3cccc4c3oc3ccccc34)ccc1n2-c1ccccc1. The zero-order chi connectivity index (χ0) is 31.1. The van der Waals surface area contributed by atoms with E-state index in [4.69, 9.17) is 8.83 Å². The number of fused-ring (bicyclic) bond motifs is 9. The Kier molecular flexibility index (Phi) is 5.69. The van der Waals surface area contributed by atoms with E-state index in [1.807, 2.05) is 24.3 Å². The molecule has 3 aromatic heterocycles. The highest BCUT2D eigenvalue weighted by Crippen LogP contribution is 2.47. The van der Waals surface area contributed by atoms with E-state index < -0.39 is 0 Å². The lowest BCUT2D eigenvalue weighted by Crippen LogP contribution is -2.10. The number of anilines is 3. The average molecular weight is 670 g/mol. The van der Waals surface area contributed by atoms with Crippen LogP contribution in [0.25, 0.3) is 71.4 Å². The summed E-state index contributed by atoms with van der Waals surface area (Å²) in [5.41, 5.74) is 9.69. The van der Waals surface area contributed by atoms with Gasteiger partial charge >= 0.3 is 0 Å². The topological polar surface area (TPSA) is 34.5 Å². The summed E-state index contributed by atoms with van der Waals surface area (Å²) in [5, 5.41) is 6.66. The summed E-state index contributed by atoms with van der Waals surface area (Å²) in [5.74, 6) is 0. The molecular formula is C42H25BrN2O2. The molecule has 0 spiro atoms. The molecule has 0 saturated carbocycles. The second-order valence-electron chi connectivity index (χ2n) is 11.9. The number of hydrogen-bond donors (Lipinski definition) is 0. The van der Waals surface area contributed by atoms with Crippen molar-refractivity contribution in [2.45, 2.75) is 0 Å². The summed E-state index contributed by atoms with van der Waals surface area (Å²) in [6.45, 7) is 0. The third kappa shape index (κ3) is 3.93. The molecule has 0 N–H and O–H groups in total. The van der Waals surface area contributed by atoms with E-state index in [0.717, 1.165) is 87.5 Å². The molecule has 0 saturated heterocycles. The zero-order valence-electron chi connectivity index (χ0n) is 25.0. The van der Waals surface area contributed by atoms with Crippen molar-refractivity contribution >= 4 is 98.7 Å². The molecule has 0 aliphatic heterocycles. The van der Waals surface area contributed by atoms with Crippen LogP contribution in [0.2, 0.25) is 0 Å². The number of rotatable bonds is 4. The van der Waals surface area contributed by atoms with Gasteiger partial charge in [-0.15, -0.1) is 0 Å². The van der Waals surface area contributed by atoms with E-state index in [9.17, 15) is 0 Å². The standard InChI is InChI=1S/C42H25BrN2O2/c43-26-20-22-35-33(24-26)34-25-28(21-23-36(34)44(35)27-10-2-1-3-11-27)45(37-16-8-14-31-29-12-4-6-18-39(29)46-41(31)37)38-17-9-15-32-30-13-5-7-19-40(30)47-42(32)38/h1-25H. The third-order valence-electron chi connectivity index (χ3n) is 9.23. The van der Waals surface area contributed by atoms with Crippen LogP contribution in [-0.2, 0) is 0 Å². The third-order valence-corrected chi connectivity index (χ3v) is 9.73. The molecular weight excluding hydrogens is 644 g/mol. The number of nitrogens with zero attached hydrogens (tertiary/aromatic N) is 2. The summed E-state index contributed by atoms with van der Waals surface area (Å²) < 4.78 is 16.6. The first-order valence-corrected chi connectivity index (χ1v) is 16.4. The fourth-order valence-corrected chi connectivity index (χ4v) is 7.56. The van der Waals surface area contributed by atoms with E-state index in [1.165, 1.54) is 5.39 Å². The molecule has 5 heteroatoms. The summed E-state index contributed by atoms with van der Waals surface area (Å²) >= 11 is 3.75. The van der Waals surface area contributed by atoms with E-state index >= 15 is 0 Å². The Labute approximate surface area is 277 Å². The molecule has 0 atom stereocenters. The van der Waals surface area contributed by atoms with E-state index in [1.54, 1.807) is 0 Å². The monoisotopic (exact) mass is 668 g/mol. The lowest BCUT2D eigenvalue weighted by Gasteiger charge is -2.25. The molecule has 47 heavy (non-hydrogen) atoms. The first kappa shape index (κ1) is 26.4. The summed E-state index contributed by atoms with van der Waals surface area (Å²) in [6.07, 6.45) is 0. The van der Waals surface area contributed by atoms with Crippen molar-refractivity contribution in [3.8, 4) is 5.69 Å². The van der Waals surface area contributed by atoms with E-state index in [0.29, 0.717) is 0 Å². The second-order valence-corrected chi connectivity index (χ2v) is 12.8. The van der Waals surface area contributed by atoms with Gasteiger partial charge in [0.1, 0.15) is 11.2 Å². The van der Waals surface area contributed by atoms with Crippen molar-refractivity contribution in [3.63, 3.8) is 0 Å². The highest BCUT2D eigenvalue weighted by Gasteiger charge is 2.24. The molecule has 10 rings (SSSR count). The molecule has 10 aromatic rings. The smallest absolute Gasteiger partial charge is 0.159 e. The molecule has 0 fully saturated rings. The van der Waals surface area contributed by atoms with Crippen LogP contribution in [0.15, 0.2) is 165 Å². The Morgan fingerprint density at radius 3 is 1.62 bits per heavy atom. The summed E-state index contributed by atoms with van der Waals surface area (Å²) in [4.78, 5) is 2.29. The Hall–Kier alpha value is -5.78. The molecule has 0 unspecified atom stereocenters. The zero-order valence-corrected chi connectivity index (χ0v) is 26.6. The molecule has 0 bridgehead atoms. The fraction of sp³-hybridized carbons (Fsp3) is 0. The van der Waals surface area contributed by atoms with Gasteiger partial charge < -0.3 is 18.3 Å². The maximum absolute atomic E-state index is 6.63. The molecule has 4 nitrogen and oxygen atoms in total. The van der Waals surface area contributed by atoms with Gasteiger partial charge in [-0.25, -0.2) is 0 Å². The molecule has 0 radical (unpaired) electrons. The molecule has 222 valence electrons. The predicted molar refractivity (Wildman–Crippen MR) is 198 cm³/mol. The Morgan fingerprint density at radius 2 is 0.979 bits per heavy atom. The number of hydrogen-bond acceptors (Lipinski definition) is 3. The van der Waals surface area contributed by atoms with Crippen molar-refractivity contribution < 1.29 is 8.83 Å². The number of para-hydroxylation sites is 5. The van der Waals surface area contributed by atoms with Crippen LogP contribution in [0.3, 0.4) is 0 Å². The first-order chi connectivity index (χ1) is 23.2. The van der Waals surface area contributed by atoms with Gasteiger partial charge in [0.15, 0.2) is 11.2 Å². The molecule has 7 aromatic carbocycles. The number of furan rings is 2. The predicted octanol–water partition coefficient (Wildman–Crippen LogP) is 12.8. The average Bonchev–Trinajstić information content (AvgIpc) is 3.79. The largest absolute Gasteiger partial charge is 0.454 e. The Bertz CT molecular complexity index is 2710. The van der Waals surface area contributed by atoms with Gasteiger partial charge in [-0.1, -0.05) is 94.8 Å². The van der Waals surface area contributed by atoms with Crippen LogP contribution >= 0.6 is 15.9 Å². The summed E-state index contributed by atoms with van der Waals surface area (Å²) in [7, 11) is 0. The van der Waals surface area contributed by atoms with Crippen molar-refractivity contribution in [1.82, 2.24) is 4.57 Å². The highest BCUT2D eigenvalue weighted by atomic mass is 79.9. The maximum Gasteiger partial charge on any atom is 0.159 e. The van der Waals surface area contributed by atoms with Crippen LogP contribution in [0.1, 0.15) is 0 Å². The Balaban J connectivity index is 1.31. The van der Waals surface area contributed by atoms with Crippen LogP contribution in [0.5, 0.6) is 0 Å². The number of aromatic nitrogens is 1. The van der Waals surface area contributed by atoms with Gasteiger partial charge in [0, 0.05) is 48.2 Å². The molecule has 0 aliphatic rings. The van der Waals surface area contributed by atoms with Crippen molar-refractivity contribution in [2.24, 2.45) is 0 Å². The highest BCUT2D eigenvalue weighted by molar-refractivity contribution is 9.10. The van der Waals surface area contributed by atoms with Gasteiger partial charge in [-0.05, 0) is 72.8 Å². The minimum Gasteiger partial charge on any atom is -0.454 e. The van der Waals surface area contributed by atoms with Gasteiger partial charge in [0.2, 0.25) is 0 Å². The van der Waals surface area contributed by atoms with Crippen molar-refractivity contribution in [3.05, 3.63) is 156 Å². The second kappa shape index (κ2) is 10.1. The van der Waals surface area contributed by atoms with Gasteiger partial charge in [-0.3, -0.25) is 0 Å². The number of benzene rings is 7. The van der Waals surface area contributed by atoms with Crippen LogP contribution in [0.4, 0.5) is 17.1 Å². The lowest BCUT2D eigenvalue weighted by molar-refractivity contribution is 0.666. The van der Waals surface area contributed by atoms with Crippen molar-refractivity contribution in [2.75, 3.05) is 4.90 Å². The Morgan fingerprint density at radius 1 is 0.447 bits per heavy atom. The van der Waals surface area contributed by atoms with Gasteiger partial charge in [0.25, 0.3) is 0 Å². The van der Waals surface area contributed by atoms with Gasteiger partial charge in [0.05, 0.1) is 22.4 Å². The van der Waals surface area contributed by atoms with Crippen LogP contribution in [-0.4, -0.2) is 4.57 Å². The molecule has 3 heterocycles. The van der Waals surface area contributed by atoms with Crippen LogP contribution < -0.4 is 4.90 Å². The lowest BCUT2D eigenvalue weighted by atomic mass is 10.1. The van der Waals surface area contributed by atoms with E-state index in [-0.39, 0.29) is 0 Å². The normalized spacial score (nSPS) is 11.9. The first-order valence-electron chi connectivity index (χ1n) is 15.6. The molecule has 0 aliphatic carbocycles. The number of halogens is 1. The summed E-state index contributed by atoms with van der Waals surface area (Å²) in [6, 6.07) is 53.1. The van der Waals surface area contributed by atoms with Crippen LogP contribution in [0, 0.1) is 0 Å². The minimum atomic E-state index is 0.830. The molecule has 0 amide bonds. The van der Waals surface area contributed by atoms with E-state index in [2.05, 4.69) is 153 Å².